The number of alkyl halides is 1. The van der Waals surface area contributed by atoms with E-state index in [-0.39, 0.29) is 5.92 Å². The first kappa shape index (κ1) is 13.8. The van der Waals surface area contributed by atoms with Crippen LogP contribution < -0.4 is 15.2 Å². The summed E-state index contributed by atoms with van der Waals surface area (Å²) in [5, 5.41) is 0. The van der Waals surface area contributed by atoms with Gasteiger partial charge in [0.25, 0.3) is 0 Å². The number of methoxy groups -OCH3 is 2. The Morgan fingerprint density at radius 3 is 2.29 bits per heavy atom. The molecule has 0 radical (unpaired) electrons. The molecule has 2 unspecified atom stereocenters. The summed E-state index contributed by atoms with van der Waals surface area (Å²) in [7, 11) is 3.12. The van der Waals surface area contributed by atoms with Crippen LogP contribution in [0.4, 0.5) is 4.39 Å². The molecule has 2 N–H and O–H groups in total. The van der Waals surface area contributed by atoms with Crippen LogP contribution in [-0.2, 0) is 0 Å². The van der Waals surface area contributed by atoms with Gasteiger partial charge in [-0.15, -0.1) is 0 Å². The second kappa shape index (κ2) is 5.87. The zero-order valence-corrected chi connectivity index (χ0v) is 10.8. The number of rotatable bonds is 5. The summed E-state index contributed by atoms with van der Waals surface area (Å²) in [6, 6.07) is 3.46. The highest BCUT2D eigenvalue weighted by Crippen LogP contribution is 2.38. The molecule has 0 aliphatic heterocycles. The topological polar surface area (TPSA) is 44.5 Å². The summed E-state index contributed by atoms with van der Waals surface area (Å²) >= 11 is 0. The van der Waals surface area contributed by atoms with Crippen LogP contribution >= 0.6 is 0 Å². The Kier molecular flexibility index (Phi) is 4.75. The van der Waals surface area contributed by atoms with Crippen molar-refractivity contribution in [3.8, 4) is 11.5 Å². The zero-order valence-electron chi connectivity index (χ0n) is 10.8. The van der Waals surface area contributed by atoms with Gasteiger partial charge in [0.05, 0.1) is 14.2 Å². The molecule has 3 nitrogen and oxygen atoms in total. The second-order valence-corrected chi connectivity index (χ2v) is 4.10. The van der Waals surface area contributed by atoms with E-state index in [2.05, 4.69) is 0 Å². The first-order chi connectivity index (χ1) is 8.04. The van der Waals surface area contributed by atoms with Gasteiger partial charge in [0.15, 0.2) is 11.5 Å². The third-order valence-corrected chi connectivity index (χ3v) is 2.87. The van der Waals surface area contributed by atoms with Crippen LogP contribution in [0.1, 0.15) is 37.1 Å². The van der Waals surface area contributed by atoms with Crippen LogP contribution in [-0.4, -0.2) is 20.8 Å². The van der Waals surface area contributed by atoms with E-state index in [0.717, 1.165) is 5.56 Å². The smallest absolute Gasteiger partial charge is 0.164 e. The van der Waals surface area contributed by atoms with Crippen LogP contribution in [0, 0.1) is 0 Å². The molecular weight excluding hydrogens is 221 g/mol. The summed E-state index contributed by atoms with van der Waals surface area (Å²) < 4.78 is 24.0. The number of benzene rings is 1. The van der Waals surface area contributed by atoms with Crippen molar-refractivity contribution in [2.75, 3.05) is 20.8 Å². The quantitative estimate of drug-likeness (QED) is 0.862. The lowest BCUT2D eigenvalue weighted by molar-refractivity contribution is 0.342. The van der Waals surface area contributed by atoms with Crippen molar-refractivity contribution in [3.05, 3.63) is 23.3 Å². The standard InChI is InChI=1S/C13H20FNO2/c1-8(7-15)11-5-10(9(2)14)6-12(16-3)13(11)17-4/h5-6,8-9H,7,15H2,1-4H3. The molecule has 2 atom stereocenters. The molecule has 0 saturated heterocycles. The fraction of sp³-hybridized carbons (Fsp3) is 0.538. The highest BCUT2D eigenvalue weighted by atomic mass is 19.1. The lowest BCUT2D eigenvalue weighted by Crippen LogP contribution is -2.11. The molecule has 0 amide bonds. The lowest BCUT2D eigenvalue weighted by atomic mass is 9.96. The Balaban J connectivity index is 3.37. The van der Waals surface area contributed by atoms with Gasteiger partial charge < -0.3 is 15.2 Å². The van der Waals surface area contributed by atoms with Gasteiger partial charge in [-0.2, -0.15) is 0 Å². The van der Waals surface area contributed by atoms with Gasteiger partial charge in [0.1, 0.15) is 6.17 Å². The Bertz CT molecular complexity index is 380. The monoisotopic (exact) mass is 241 g/mol. The maximum absolute atomic E-state index is 13.4. The minimum Gasteiger partial charge on any atom is -0.493 e. The average molecular weight is 241 g/mol. The fourth-order valence-electron chi connectivity index (χ4n) is 1.74. The summed E-state index contributed by atoms with van der Waals surface area (Å²) in [6.45, 7) is 3.95. The summed E-state index contributed by atoms with van der Waals surface area (Å²) in [5.41, 5.74) is 7.12. The predicted octanol–water partition coefficient (Wildman–Crippen LogP) is 2.80. The van der Waals surface area contributed by atoms with Crippen molar-refractivity contribution < 1.29 is 13.9 Å². The van der Waals surface area contributed by atoms with E-state index in [1.807, 2.05) is 6.92 Å². The minimum atomic E-state index is -1.04. The Hall–Kier alpha value is -1.29. The molecule has 4 heteroatoms. The summed E-state index contributed by atoms with van der Waals surface area (Å²) in [6.07, 6.45) is -1.04. The molecule has 0 aliphatic rings. The van der Waals surface area contributed by atoms with E-state index < -0.39 is 6.17 Å². The van der Waals surface area contributed by atoms with Crippen molar-refractivity contribution >= 4 is 0 Å². The number of hydrogen-bond donors (Lipinski definition) is 1. The number of hydrogen-bond acceptors (Lipinski definition) is 3. The van der Waals surface area contributed by atoms with Gasteiger partial charge in [0, 0.05) is 5.56 Å². The molecule has 17 heavy (non-hydrogen) atoms. The molecule has 0 bridgehead atoms. The maximum atomic E-state index is 13.4. The van der Waals surface area contributed by atoms with Gasteiger partial charge in [-0.05, 0) is 37.1 Å². The van der Waals surface area contributed by atoms with E-state index in [1.165, 1.54) is 6.92 Å². The molecular formula is C13H20FNO2. The molecule has 0 fully saturated rings. The highest BCUT2D eigenvalue weighted by molar-refractivity contribution is 5.51. The molecule has 1 rings (SSSR count). The van der Waals surface area contributed by atoms with E-state index in [4.69, 9.17) is 15.2 Å². The van der Waals surface area contributed by atoms with Crippen LogP contribution in [0.5, 0.6) is 11.5 Å². The molecule has 96 valence electrons. The number of nitrogens with two attached hydrogens (primary N) is 1. The number of ether oxygens (including phenoxy) is 2. The number of halogens is 1. The molecule has 1 aromatic carbocycles. The average Bonchev–Trinajstić information content (AvgIpc) is 2.35. The predicted molar refractivity (Wildman–Crippen MR) is 66.5 cm³/mol. The second-order valence-electron chi connectivity index (χ2n) is 4.10. The van der Waals surface area contributed by atoms with Crippen molar-refractivity contribution in [2.45, 2.75) is 25.9 Å². The third kappa shape index (κ3) is 2.88. The van der Waals surface area contributed by atoms with Crippen molar-refractivity contribution in [2.24, 2.45) is 5.73 Å². The molecule has 0 aromatic heterocycles. The highest BCUT2D eigenvalue weighted by Gasteiger charge is 2.18. The van der Waals surface area contributed by atoms with Gasteiger partial charge >= 0.3 is 0 Å². The van der Waals surface area contributed by atoms with Crippen LogP contribution in [0.15, 0.2) is 12.1 Å². The van der Waals surface area contributed by atoms with Crippen molar-refractivity contribution in [1.82, 2.24) is 0 Å². The SMILES string of the molecule is COc1cc(C(C)F)cc(C(C)CN)c1OC. The lowest BCUT2D eigenvalue weighted by Gasteiger charge is -2.19. The first-order valence-corrected chi connectivity index (χ1v) is 5.65. The molecule has 0 aliphatic carbocycles. The van der Waals surface area contributed by atoms with Crippen LogP contribution in [0.25, 0.3) is 0 Å². The van der Waals surface area contributed by atoms with Crippen molar-refractivity contribution in [3.63, 3.8) is 0 Å². The molecule has 0 heterocycles. The summed E-state index contributed by atoms with van der Waals surface area (Å²) in [5.74, 6) is 1.28. The summed E-state index contributed by atoms with van der Waals surface area (Å²) in [4.78, 5) is 0. The normalized spacial score (nSPS) is 14.2. The van der Waals surface area contributed by atoms with Gasteiger partial charge in [-0.3, -0.25) is 0 Å². The van der Waals surface area contributed by atoms with Crippen LogP contribution in [0.2, 0.25) is 0 Å². The fourth-order valence-corrected chi connectivity index (χ4v) is 1.74. The Labute approximate surface area is 102 Å². The van der Waals surface area contributed by atoms with Gasteiger partial charge in [-0.25, -0.2) is 4.39 Å². The van der Waals surface area contributed by atoms with Crippen molar-refractivity contribution in [1.29, 1.82) is 0 Å². The van der Waals surface area contributed by atoms with E-state index in [9.17, 15) is 4.39 Å². The van der Waals surface area contributed by atoms with E-state index in [1.54, 1.807) is 26.4 Å². The maximum Gasteiger partial charge on any atom is 0.164 e. The zero-order chi connectivity index (χ0) is 13.0. The molecule has 0 spiro atoms. The Morgan fingerprint density at radius 1 is 1.24 bits per heavy atom. The van der Waals surface area contributed by atoms with Gasteiger partial charge in [0.2, 0.25) is 0 Å². The van der Waals surface area contributed by atoms with Gasteiger partial charge in [-0.1, -0.05) is 6.92 Å². The minimum absolute atomic E-state index is 0.0950. The first-order valence-electron chi connectivity index (χ1n) is 5.65. The van der Waals surface area contributed by atoms with E-state index >= 15 is 0 Å². The van der Waals surface area contributed by atoms with E-state index in [0.29, 0.717) is 23.6 Å². The molecule has 0 saturated carbocycles. The third-order valence-electron chi connectivity index (χ3n) is 2.87. The van der Waals surface area contributed by atoms with Crippen LogP contribution in [0.3, 0.4) is 0 Å². The largest absolute Gasteiger partial charge is 0.493 e. The Morgan fingerprint density at radius 2 is 1.88 bits per heavy atom. The molecule has 1 aromatic rings.